The smallest absolute Gasteiger partial charge is 0.339 e. The summed E-state index contributed by atoms with van der Waals surface area (Å²) >= 11 is 0. The Morgan fingerprint density at radius 1 is 1.03 bits per heavy atom. The third-order valence-corrected chi connectivity index (χ3v) is 6.30. The topological polar surface area (TPSA) is 134 Å². The first kappa shape index (κ1) is 23.1. The molecule has 0 aromatic heterocycles. The van der Waals surface area contributed by atoms with E-state index in [1.165, 1.54) is 42.5 Å². The molecular formula is C23H20N2O8S. The number of nitro groups is 1. The highest BCUT2D eigenvalue weighted by Gasteiger charge is 2.21. The number of hydrogen-bond acceptors (Lipinski definition) is 8. The van der Waals surface area contributed by atoms with Crippen LogP contribution in [0.1, 0.15) is 28.9 Å². The average Bonchev–Trinajstić information content (AvgIpc) is 2.84. The highest BCUT2D eigenvalue weighted by molar-refractivity contribution is 7.87. The van der Waals surface area contributed by atoms with Gasteiger partial charge in [-0.3, -0.25) is 14.9 Å². The van der Waals surface area contributed by atoms with E-state index in [1.807, 2.05) is 19.1 Å². The van der Waals surface area contributed by atoms with Gasteiger partial charge < -0.3 is 19.0 Å². The van der Waals surface area contributed by atoms with Crippen LogP contribution < -0.4 is 19.0 Å². The van der Waals surface area contributed by atoms with Crippen LogP contribution in [0.25, 0.3) is 0 Å². The molecule has 1 aliphatic heterocycles. The Hall–Kier alpha value is -4.12. The Labute approximate surface area is 195 Å². The van der Waals surface area contributed by atoms with E-state index in [2.05, 4.69) is 5.32 Å². The number of nitro benzene ring substituents is 1. The van der Waals surface area contributed by atoms with E-state index in [9.17, 15) is 23.3 Å². The van der Waals surface area contributed by atoms with Crippen molar-refractivity contribution in [2.75, 3.05) is 13.2 Å². The number of carbonyl (C=O) groups excluding carboxylic acids is 1. The molecule has 4 rings (SSSR count). The SMILES string of the molecule is C[C@H](NC(=O)c1ccc(OS(=O)(=O)c2cccc([N+](=O)[O-])c2)cc1)c1ccc2c(c1)OCCO2. The van der Waals surface area contributed by atoms with Crippen molar-refractivity contribution in [3.05, 3.63) is 88.0 Å². The molecule has 0 fully saturated rings. The summed E-state index contributed by atoms with van der Waals surface area (Å²) in [6.45, 7) is 2.78. The lowest BCUT2D eigenvalue weighted by Crippen LogP contribution is -2.26. The van der Waals surface area contributed by atoms with Crippen molar-refractivity contribution in [1.82, 2.24) is 5.32 Å². The van der Waals surface area contributed by atoms with Crippen LogP contribution in [0.15, 0.2) is 71.6 Å². The minimum atomic E-state index is -4.29. The molecule has 11 heteroatoms. The largest absolute Gasteiger partial charge is 0.486 e. The molecule has 1 heterocycles. The molecule has 0 unspecified atom stereocenters. The Balaban J connectivity index is 1.42. The quantitative estimate of drug-likeness (QED) is 0.305. The summed E-state index contributed by atoms with van der Waals surface area (Å²) in [5.41, 5.74) is 0.758. The van der Waals surface area contributed by atoms with Crippen molar-refractivity contribution in [2.24, 2.45) is 0 Å². The Morgan fingerprint density at radius 2 is 1.74 bits per heavy atom. The second-order valence-electron chi connectivity index (χ2n) is 7.41. The molecule has 176 valence electrons. The van der Waals surface area contributed by atoms with Gasteiger partial charge in [0, 0.05) is 17.7 Å². The van der Waals surface area contributed by atoms with Crippen molar-refractivity contribution in [1.29, 1.82) is 0 Å². The number of non-ortho nitro benzene ring substituents is 1. The second kappa shape index (κ2) is 9.40. The summed E-state index contributed by atoms with van der Waals surface area (Å²) in [6, 6.07) is 15.2. The molecule has 0 bridgehead atoms. The first-order valence-electron chi connectivity index (χ1n) is 10.2. The number of carbonyl (C=O) groups is 1. The van der Waals surface area contributed by atoms with Crippen molar-refractivity contribution < 1.29 is 31.8 Å². The van der Waals surface area contributed by atoms with E-state index in [0.717, 1.165) is 11.6 Å². The standard InChI is InChI=1S/C23H20N2O8S/c1-15(17-7-10-21-22(13-17)32-12-11-31-21)24-23(26)16-5-8-19(9-6-16)33-34(29,30)20-4-2-3-18(14-20)25(27)28/h2-10,13-15H,11-12H2,1H3,(H,24,26)/t15-/m0/s1. The molecule has 0 radical (unpaired) electrons. The molecule has 1 aliphatic rings. The number of benzene rings is 3. The van der Waals surface area contributed by atoms with Crippen LogP contribution in [0.2, 0.25) is 0 Å². The lowest BCUT2D eigenvalue weighted by atomic mass is 10.1. The summed E-state index contributed by atoms with van der Waals surface area (Å²) in [7, 11) is -4.29. The van der Waals surface area contributed by atoms with Crippen LogP contribution in [-0.4, -0.2) is 32.5 Å². The number of ether oxygens (including phenoxy) is 2. The summed E-state index contributed by atoms with van der Waals surface area (Å²) in [6.07, 6.45) is 0. The second-order valence-corrected chi connectivity index (χ2v) is 8.96. The van der Waals surface area contributed by atoms with Crippen LogP contribution in [0.4, 0.5) is 5.69 Å². The first-order valence-corrected chi connectivity index (χ1v) is 11.6. The van der Waals surface area contributed by atoms with Gasteiger partial charge in [-0.15, -0.1) is 0 Å². The van der Waals surface area contributed by atoms with E-state index in [4.69, 9.17) is 13.7 Å². The van der Waals surface area contributed by atoms with Gasteiger partial charge in [-0.25, -0.2) is 0 Å². The van der Waals surface area contributed by atoms with Gasteiger partial charge in [0.2, 0.25) is 0 Å². The molecule has 34 heavy (non-hydrogen) atoms. The van der Waals surface area contributed by atoms with Crippen molar-refractivity contribution in [3.63, 3.8) is 0 Å². The van der Waals surface area contributed by atoms with E-state index in [1.54, 1.807) is 6.07 Å². The summed E-state index contributed by atoms with van der Waals surface area (Å²) in [4.78, 5) is 22.5. The van der Waals surface area contributed by atoms with E-state index in [0.29, 0.717) is 30.3 Å². The molecule has 0 saturated carbocycles. The summed E-state index contributed by atoms with van der Waals surface area (Å²) in [5, 5.41) is 13.8. The van der Waals surface area contributed by atoms with Gasteiger partial charge >= 0.3 is 10.1 Å². The zero-order valence-corrected chi connectivity index (χ0v) is 18.8. The molecule has 1 N–H and O–H groups in total. The normalized spacial score (nSPS) is 13.6. The molecule has 0 aliphatic carbocycles. The predicted octanol–water partition coefficient (Wildman–Crippen LogP) is 3.62. The van der Waals surface area contributed by atoms with Crippen LogP contribution in [0.5, 0.6) is 17.2 Å². The van der Waals surface area contributed by atoms with Crippen LogP contribution >= 0.6 is 0 Å². The van der Waals surface area contributed by atoms with E-state index >= 15 is 0 Å². The zero-order valence-electron chi connectivity index (χ0n) is 18.0. The maximum atomic E-state index is 12.6. The average molecular weight is 484 g/mol. The lowest BCUT2D eigenvalue weighted by molar-refractivity contribution is -0.385. The van der Waals surface area contributed by atoms with Crippen molar-refractivity contribution >= 4 is 21.7 Å². The number of hydrogen-bond donors (Lipinski definition) is 1. The Kier molecular flexibility index (Phi) is 6.37. The fourth-order valence-electron chi connectivity index (χ4n) is 3.28. The van der Waals surface area contributed by atoms with Gasteiger partial charge in [-0.1, -0.05) is 12.1 Å². The maximum absolute atomic E-state index is 12.6. The molecule has 1 atom stereocenters. The third kappa shape index (κ3) is 5.09. The van der Waals surface area contributed by atoms with Crippen LogP contribution in [0.3, 0.4) is 0 Å². The Morgan fingerprint density at radius 3 is 2.44 bits per heavy atom. The molecule has 3 aromatic carbocycles. The monoisotopic (exact) mass is 484 g/mol. The van der Waals surface area contributed by atoms with Gasteiger partial charge in [0.15, 0.2) is 11.5 Å². The lowest BCUT2D eigenvalue weighted by Gasteiger charge is -2.21. The number of nitrogens with one attached hydrogen (secondary N) is 1. The van der Waals surface area contributed by atoms with Crippen LogP contribution in [-0.2, 0) is 10.1 Å². The van der Waals surface area contributed by atoms with E-state index in [-0.39, 0.29) is 28.3 Å². The molecule has 0 saturated heterocycles. The van der Waals surface area contributed by atoms with Crippen molar-refractivity contribution in [2.45, 2.75) is 17.9 Å². The minimum Gasteiger partial charge on any atom is -0.486 e. The fraction of sp³-hybridized carbons (Fsp3) is 0.174. The molecule has 10 nitrogen and oxygen atoms in total. The van der Waals surface area contributed by atoms with Gasteiger partial charge in [0.25, 0.3) is 11.6 Å². The highest BCUT2D eigenvalue weighted by Crippen LogP contribution is 2.32. The Bertz CT molecular complexity index is 1340. The molecule has 3 aromatic rings. The first-order chi connectivity index (χ1) is 16.2. The zero-order chi connectivity index (χ0) is 24.3. The molecule has 1 amide bonds. The molecular weight excluding hydrogens is 464 g/mol. The highest BCUT2D eigenvalue weighted by atomic mass is 32.2. The number of amides is 1. The number of rotatable bonds is 7. The van der Waals surface area contributed by atoms with Gasteiger partial charge in [-0.05, 0) is 55.0 Å². The maximum Gasteiger partial charge on any atom is 0.339 e. The minimum absolute atomic E-state index is 0.0389. The van der Waals surface area contributed by atoms with Crippen molar-refractivity contribution in [3.8, 4) is 17.2 Å². The predicted molar refractivity (Wildman–Crippen MR) is 121 cm³/mol. The summed E-state index contributed by atoms with van der Waals surface area (Å²) < 4.78 is 41.0. The number of nitrogens with zero attached hydrogens (tertiary/aromatic N) is 1. The van der Waals surface area contributed by atoms with Gasteiger partial charge in [-0.2, -0.15) is 8.42 Å². The van der Waals surface area contributed by atoms with Gasteiger partial charge in [0.05, 0.1) is 11.0 Å². The third-order valence-electron chi connectivity index (χ3n) is 5.05. The number of fused-ring (bicyclic) bond motifs is 1. The van der Waals surface area contributed by atoms with E-state index < -0.39 is 15.0 Å². The van der Waals surface area contributed by atoms with Gasteiger partial charge in [0.1, 0.15) is 23.9 Å². The molecule has 0 spiro atoms. The fourth-order valence-corrected chi connectivity index (χ4v) is 4.25. The van der Waals surface area contributed by atoms with Crippen LogP contribution in [0, 0.1) is 10.1 Å². The summed E-state index contributed by atoms with van der Waals surface area (Å²) in [5.74, 6) is 0.874.